The summed E-state index contributed by atoms with van der Waals surface area (Å²) in [5.74, 6) is 1.21. The molecule has 0 aromatic carbocycles. The summed E-state index contributed by atoms with van der Waals surface area (Å²) in [5.41, 5.74) is 0.152. The van der Waals surface area contributed by atoms with E-state index < -0.39 is 17.8 Å². The van der Waals surface area contributed by atoms with Gasteiger partial charge in [0, 0.05) is 30.9 Å². The normalized spacial score (nSPS) is 17.7. The van der Waals surface area contributed by atoms with Crippen LogP contribution in [-0.2, 0) is 6.18 Å². The number of nitrogens with one attached hydrogen (secondary N) is 1. The molecule has 9 heteroatoms. The third kappa shape index (κ3) is 5.21. The van der Waals surface area contributed by atoms with Crippen LogP contribution in [0.2, 0.25) is 0 Å². The second-order valence-corrected chi connectivity index (χ2v) is 7.33. The summed E-state index contributed by atoms with van der Waals surface area (Å²) in [4.78, 5) is 27.1. The first kappa shape index (κ1) is 21.0. The smallest absolute Gasteiger partial charge is 0.356 e. The third-order valence-corrected chi connectivity index (χ3v) is 4.96. The Bertz CT molecular complexity index is 880. The van der Waals surface area contributed by atoms with Crippen molar-refractivity contribution in [1.82, 2.24) is 20.3 Å². The van der Waals surface area contributed by atoms with Crippen LogP contribution < -0.4 is 10.2 Å². The number of nitrogens with zero attached hydrogens (tertiary/aromatic N) is 4. The molecule has 1 atom stereocenters. The number of hydrogen-bond acceptors (Lipinski definition) is 5. The molecule has 6 nitrogen and oxygen atoms in total. The molecule has 0 aliphatic carbocycles. The summed E-state index contributed by atoms with van der Waals surface area (Å²) in [6, 6.07) is 3.92. The predicted octanol–water partition coefficient (Wildman–Crippen LogP) is 3.60. The van der Waals surface area contributed by atoms with Crippen LogP contribution in [0.15, 0.2) is 18.2 Å². The van der Waals surface area contributed by atoms with Crippen molar-refractivity contribution in [2.45, 2.75) is 52.3 Å². The van der Waals surface area contributed by atoms with Crippen LogP contribution in [-0.4, -0.2) is 40.0 Å². The Kier molecular flexibility index (Phi) is 6.04. The number of carbonyl (C=O) groups excluding carboxylic acids is 1. The molecule has 2 aromatic heterocycles. The van der Waals surface area contributed by atoms with E-state index in [2.05, 4.69) is 25.2 Å². The Morgan fingerprint density at radius 3 is 2.52 bits per heavy atom. The standard InChI is InChI=1S/C20H24F3N5O/c1-12-11-18(26-14(3)24-12)28-9-4-5-15(8-10-28)27-19(29)16-6-7-17(20(21,22)23)25-13(16)2/h6-7,11,15H,4-5,8-10H2,1-3H3,(H,27,29). The Morgan fingerprint density at radius 1 is 1.10 bits per heavy atom. The SMILES string of the molecule is Cc1cc(N2CCCC(NC(=O)c3ccc(C(F)(F)F)nc3C)CC2)nc(C)n1. The number of halogens is 3. The largest absolute Gasteiger partial charge is 0.433 e. The maximum atomic E-state index is 12.8. The molecule has 3 rings (SSSR count). The Hall–Kier alpha value is -2.71. The van der Waals surface area contributed by atoms with Crippen LogP contribution in [0.5, 0.6) is 0 Å². The second-order valence-electron chi connectivity index (χ2n) is 7.33. The number of aromatic nitrogens is 3. The average Bonchev–Trinajstić information content (AvgIpc) is 2.85. The predicted molar refractivity (Wildman–Crippen MR) is 103 cm³/mol. The Balaban J connectivity index is 1.65. The van der Waals surface area contributed by atoms with Gasteiger partial charge >= 0.3 is 6.18 Å². The second kappa shape index (κ2) is 8.34. The van der Waals surface area contributed by atoms with Gasteiger partial charge in [0.05, 0.1) is 11.3 Å². The highest BCUT2D eigenvalue weighted by atomic mass is 19.4. The van der Waals surface area contributed by atoms with Crippen LogP contribution in [0.1, 0.15) is 52.5 Å². The molecule has 0 radical (unpaired) electrons. The molecule has 0 bridgehead atoms. The number of hydrogen-bond donors (Lipinski definition) is 1. The lowest BCUT2D eigenvalue weighted by molar-refractivity contribution is -0.141. The molecule has 1 saturated heterocycles. The molecule has 1 amide bonds. The van der Waals surface area contributed by atoms with E-state index in [-0.39, 0.29) is 17.3 Å². The van der Waals surface area contributed by atoms with Crippen molar-refractivity contribution >= 4 is 11.7 Å². The monoisotopic (exact) mass is 407 g/mol. The van der Waals surface area contributed by atoms with Crippen molar-refractivity contribution in [3.05, 3.63) is 46.7 Å². The number of rotatable bonds is 3. The summed E-state index contributed by atoms with van der Waals surface area (Å²) in [6.07, 6.45) is -2.14. The molecule has 1 fully saturated rings. The Labute approximate surface area is 167 Å². The lowest BCUT2D eigenvalue weighted by Crippen LogP contribution is -2.36. The van der Waals surface area contributed by atoms with Gasteiger partial charge < -0.3 is 10.2 Å². The highest BCUT2D eigenvalue weighted by molar-refractivity contribution is 5.95. The zero-order valence-corrected chi connectivity index (χ0v) is 16.7. The molecular weight excluding hydrogens is 383 g/mol. The van der Waals surface area contributed by atoms with Gasteiger partial charge in [0.15, 0.2) is 0 Å². The van der Waals surface area contributed by atoms with Crippen molar-refractivity contribution in [2.75, 3.05) is 18.0 Å². The van der Waals surface area contributed by atoms with E-state index in [0.717, 1.165) is 55.8 Å². The Morgan fingerprint density at radius 2 is 1.86 bits per heavy atom. The molecule has 3 heterocycles. The van der Waals surface area contributed by atoms with Gasteiger partial charge in [-0.1, -0.05) is 0 Å². The minimum atomic E-state index is -4.53. The van der Waals surface area contributed by atoms with Crippen LogP contribution in [0.3, 0.4) is 0 Å². The summed E-state index contributed by atoms with van der Waals surface area (Å²) in [5, 5.41) is 2.95. The van der Waals surface area contributed by atoms with Crippen LogP contribution >= 0.6 is 0 Å². The van der Waals surface area contributed by atoms with Gasteiger partial charge in [-0.15, -0.1) is 0 Å². The van der Waals surface area contributed by atoms with Gasteiger partial charge in [-0.25, -0.2) is 15.0 Å². The summed E-state index contributed by atoms with van der Waals surface area (Å²) >= 11 is 0. The quantitative estimate of drug-likeness (QED) is 0.842. The third-order valence-electron chi connectivity index (χ3n) is 4.96. The zero-order chi connectivity index (χ0) is 21.2. The van der Waals surface area contributed by atoms with E-state index in [0.29, 0.717) is 0 Å². The molecule has 1 N–H and O–H groups in total. The fraction of sp³-hybridized carbons (Fsp3) is 0.500. The minimum Gasteiger partial charge on any atom is -0.356 e. The minimum absolute atomic E-state index is 0.0572. The first-order chi connectivity index (χ1) is 13.6. The molecule has 156 valence electrons. The number of amides is 1. The fourth-order valence-electron chi connectivity index (χ4n) is 3.55. The lowest BCUT2D eigenvalue weighted by Gasteiger charge is -2.22. The van der Waals surface area contributed by atoms with Crippen molar-refractivity contribution in [3.8, 4) is 0 Å². The molecule has 1 aliphatic rings. The number of aryl methyl sites for hydroxylation is 3. The van der Waals surface area contributed by atoms with Gasteiger partial charge in [0.2, 0.25) is 0 Å². The van der Waals surface area contributed by atoms with Gasteiger partial charge in [0.25, 0.3) is 5.91 Å². The molecule has 1 aliphatic heterocycles. The van der Waals surface area contributed by atoms with Gasteiger partial charge in [-0.05, 0) is 52.2 Å². The highest BCUT2D eigenvalue weighted by Gasteiger charge is 2.33. The van der Waals surface area contributed by atoms with E-state index in [1.165, 1.54) is 13.0 Å². The first-order valence-electron chi connectivity index (χ1n) is 9.56. The summed E-state index contributed by atoms with van der Waals surface area (Å²) in [7, 11) is 0. The van der Waals surface area contributed by atoms with Crippen molar-refractivity contribution in [1.29, 1.82) is 0 Å². The lowest BCUT2D eigenvalue weighted by atomic mass is 10.1. The summed E-state index contributed by atoms with van der Waals surface area (Å²) in [6.45, 7) is 6.75. The van der Waals surface area contributed by atoms with E-state index in [1.54, 1.807) is 0 Å². The number of carbonyl (C=O) groups is 1. The fourth-order valence-corrected chi connectivity index (χ4v) is 3.55. The van der Waals surface area contributed by atoms with Gasteiger partial charge in [-0.3, -0.25) is 4.79 Å². The van der Waals surface area contributed by atoms with Crippen LogP contribution in [0.25, 0.3) is 0 Å². The first-order valence-corrected chi connectivity index (χ1v) is 9.56. The molecule has 1 unspecified atom stereocenters. The topological polar surface area (TPSA) is 71.0 Å². The maximum Gasteiger partial charge on any atom is 0.433 e. The van der Waals surface area contributed by atoms with Crippen LogP contribution in [0, 0.1) is 20.8 Å². The number of pyridine rings is 1. The van der Waals surface area contributed by atoms with E-state index in [4.69, 9.17) is 0 Å². The van der Waals surface area contributed by atoms with Gasteiger partial charge in [-0.2, -0.15) is 13.2 Å². The molecule has 29 heavy (non-hydrogen) atoms. The van der Waals surface area contributed by atoms with Crippen LogP contribution in [0.4, 0.5) is 19.0 Å². The molecule has 0 saturated carbocycles. The molecular formula is C20H24F3N5O. The van der Waals surface area contributed by atoms with E-state index in [9.17, 15) is 18.0 Å². The molecule has 0 spiro atoms. The summed E-state index contributed by atoms with van der Waals surface area (Å²) < 4.78 is 38.3. The van der Waals surface area contributed by atoms with E-state index >= 15 is 0 Å². The average molecular weight is 407 g/mol. The molecule has 2 aromatic rings. The number of alkyl halides is 3. The van der Waals surface area contributed by atoms with Crippen molar-refractivity contribution in [3.63, 3.8) is 0 Å². The van der Waals surface area contributed by atoms with Crippen molar-refractivity contribution < 1.29 is 18.0 Å². The zero-order valence-electron chi connectivity index (χ0n) is 16.7. The maximum absolute atomic E-state index is 12.8. The van der Waals surface area contributed by atoms with Crippen molar-refractivity contribution in [2.24, 2.45) is 0 Å². The number of anilines is 1. The van der Waals surface area contributed by atoms with E-state index in [1.807, 2.05) is 19.9 Å². The highest BCUT2D eigenvalue weighted by Crippen LogP contribution is 2.28. The van der Waals surface area contributed by atoms with Gasteiger partial charge in [0.1, 0.15) is 17.3 Å².